The van der Waals surface area contributed by atoms with Crippen molar-refractivity contribution in [3.63, 3.8) is 0 Å². The van der Waals surface area contributed by atoms with E-state index in [1.54, 1.807) is 0 Å². The summed E-state index contributed by atoms with van der Waals surface area (Å²) in [6.45, 7) is 0. The second kappa shape index (κ2) is 13.3. The lowest BCUT2D eigenvalue weighted by Crippen LogP contribution is -2.09. The molecule has 0 bridgehead atoms. The fraction of sp³-hybridized carbons (Fsp3) is 0. The van der Waals surface area contributed by atoms with Gasteiger partial charge in [0, 0.05) is 39.1 Å². The summed E-state index contributed by atoms with van der Waals surface area (Å²) in [5, 5.41) is 2.54. The van der Waals surface area contributed by atoms with Crippen molar-refractivity contribution >= 4 is 38.9 Å². The van der Waals surface area contributed by atoms with Crippen molar-refractivity contribution in [2.45, 2.75) is 0 Å². The minimum Gasteiger partial charge on any atom is -0.311 e. The highest BCUT2D eigenvalue weighted by atomic mass is 15.1. The molecule has 0 atom stereocenters. The van der Waals surface area contributed by atoms with Gasteiger partial charge < -0.3 is 9.47 Å². The number of aromatic nitrogens is 1. The number of hydrogen-bond acceptors (Lipinski definition) is 1. The Kier molecular flexibility index (Phi) is 7.93. The van der Waals surface area contributed by atoms with Crippen molar-refractivity contribution in [2.24, 2.45) is 0 Å². The van der Waals surface area contributed by atoms with Gasteiger partial charge in [-0.2, -0.15) is 0 Å². The predicted octanol–water partition coefficient (Wildman–Crippen LogP) is 13.2. The van der Waals surface area contributed by atoms with Gasteiger partial charge in [-0.05, 0) is 106 Å². The van der Waals surface area contributed by atoms with Crippen molar-refractivity contribution < 1.29 is 0 Å². The van der Waals surface area contributed by atoms with Crippen LogP contribution in [-0.2, 0) is 0 Å². The average molecular weight is 663 g/mol. The van der Waals surface area contributed by atoms with Crippen molar-refractivity contribution in [3.8, 4) is 51.4 Å². The summed E-state index contributed by atoms with van der Waals surface area (Å²) in [6, 6.07) is 71.2. The van der Waals surface area contributed by atoms with E-state index in [-0.39, 0.29) is 0 Å². The molecular formula is C50H34N2. The van der Waals surface area contributed by atoms with Gasteiger partial charge in [-0.3, -0.25) is 0 Å². The predicted molar refractivity (Wildman–Crippen MR) is 220 cm³/mol. The number of anilines is 3. The first-order valence-corrected chi connectivity index (χ1v) is 17.6. The van der Waals surface area contributed by atoms with Crippen LogP contribution in [0.25, 0.3) is 60.9 Å². The molecule has 2 heteroatoms. The van der Waals surface area contributed by atoms with Gasteiger partial charge in [0.25, 0.3) is 0 Å². The van der Waals surface area contributed by atoms with Crippen LogP contribution in [0, 0.1) is 12.3 Å². The number of nitrogens with zero attached hydrogens (tertiary/aromatic N) is 2. The first-order chi connectivity index (χ1) is 25.7. The Bertz CT molecular complexity index is 2620. The Morgan fingerprint density at radius 3 is 1.12 bits per heavy atom. The van der Waals surface area contributed by atoms with Gasteiger partial charge in [0.05, 0.1) is 11.0 Å². The normalized spacial score (nSPS) is 11.1. The summed E-state index contributed by atoms with van der Waals surface area (Å²) in [7, 11) is 0. The molecule has 0 saturated heterocycles. The van der Waals surface area contributed by atoms with E-state index < -0.39 is 0 Å². The van der Waals surface area contributed by atoms with E-state index in [2.05, 4.69) is 203 Å². The molecule has 0 saturated carbocycles. The van der Waals surface area contributed by atoms with Crippen molar-refractivity contribution in [2.75, 3.05) is 4.90 Å². The van der Waals surface area contributed by atoms with Crippen LogP contribution in [0.5, 0.6) is 0 Å². The molecular weight excluding hydrogens is 629 g/mol. The third kappa shape index (κ3) is 5.71. The molecule has 1 heterocycles. The maximum absolute atomic E-state index is 5.59. The smallest absolute Gasteiger partial charge is 0.0541 e. The molecule has 0 aliphatic carbocycles. The van der Waals surface area contributed by atoms with Gasteiger partial charge in [-0.1, -0.05) is 133 Å². The van der Waals surface area contributed by atoms with Gasteiger partial charge >= 0.3 is 0 Å². The van der Waals surface area contributed by atoms with E-state index in [4.69, 9.17) is 6.42 Å². The molecule has 9 aromatic rings. The van der Waals surface area contributed by atoms with Crippen LogP contribution >= 0.6 is 0 Å². The van der Waals surface area contributed by atoms with Crippen LogP contribution in [0.3, 0.4) is 0 Å². The van der Waals surface area contributed by atoms with Crippen LogP contribution in [0.1, 0.15) is 5.56 Å². The van der Waals surface area contributed by atoms with Gasteiger partial charge in [0.2, 0.25) is 0 Å². The zero-order chi connectivity index (χ0) is 34.9. The second-order valence-corrected chi connectivity index (χ2v) is 13.0. The van der Waals surface area contributed by atoms with Crippen molar-refractivity contribution in [1.29, 1.82) is 0 Å². The largest absolute Gasteiger partial charge is 0.311 e. The number of para-hydroxylation sites is 2. The molecule has 0 unspecified atom stereocenters. The molecule has 0 fully saturated rings. The summed E-state index contributed by atoms with van der Waals surface area (Å²) >= 11 is 0. The fourth-order valence-electron chi connectivity index (χ4n) is 7.25. The highest BCUT2D eigenvalue weighted by Gasteiger charge is 2.15. The van der Waals surface area contributed by atoms with Gasteiger partial charge in [0.15, 0.2) is 0 Å². The maximum atomic E-state index is 5.59. The van der Waals surface area contributed by atoms with Gasteiger partial charge in [0.1, 0.15) is 0 Å². The highest BCUT2D eigenvalue weighted by Crippen LogP contribution is 2.38. The van der Waals surface area contributed by atoms with E-state index in [1.165, 1.54) is 44.1 Å². The first-order valence-electron chi connectivity index (χ1n) is 17.6. The minimum absolute atomic E-state index is 0.882. The number of hydrogen-bond donors (Lipinski definition) is 0. The average Bonchev–Trinajstić information content (AvgIpc) is 3.57. The Balaban J connectivity index is 1.05. The SMILES string of the molecule is C#Cc1ccc(-c2ccc(N(c3ccc(-c4ccccc4)cc3)c3ccc(-c4ccc(-n5c6ccccc6c6ccccc65)cc4)cc3)cc2)cc1. The van der Waals surface area contributed by atoms with E-state index in [9.17, 15) is 0 Å². The third-order valence-electron chi connectivity index (χ3n) is 9.91. The lowest BCUT2D eigenvalue weighted by molar-refractivity contribution is 1.18. The van der Waals surface area contributed by atoms with E-state index in [1.807, 2.05) is 12.1 Å². The zero-order valence-electron chi connectivity index (χ0n) is 28.5. The Labute approximate surface area is 304 Å². The molecule has 0 spiro atoms. The Morgan fingerprint density at radius 2 is 0.692 bits per heavy atom. The standard InChI is InChI=1S/C50H34N2/c1-2-36-16-18-38(19-17-36)40-22-30-44(31-23-40)51(43-28-20-39(21-29-43)37-10-4-3-5-11-37)45-32-24-41(25-33-45)42-26-34-46(35-27-42)52-49-14-8-6-12-47(49)48-13-7-9-15-50(48)52/h1,3-35H. The number of benzene rings is 8. The van der Waals surface area contributed by atoms with Crippen LogP contribution in [-0.4, -0.2) is 4.57 Å². The third-order valence-corrected chi connectivity index (χ3v) is 9.91. The zero-order valence-corrected chi connectivity index (χ0v) is 28.5. The van der Waals surface area contributed by atoms with Crippen LogP contribution in [0.15, 0.2) is 200 Å². The molecule has 0 amide bonds. The molecule has 0 radical (unpaired) electrons. The lowest BCUT2D eigenvalue weighted by atomic mass is 10.0. The topological polar surface area (TPSA) is 8.17 Å². The molecule has 1 aromatic heterocycles. The molecule has 8 aromatic carbocycles. The maximum Gasteiger partial charge on any atom is 0.0541 e. The quantitative estimate of drug-likeness (QED) is 0.154. The fourth-order valence-corrected chi connectivity index (χ4v) is 7.25. The molecule has 2 nitrogen and oxygen atoms in total. The molecule has 0 N–H and O–H groups in total. The summed E-state index contributed by atoms with van der Waals surface area (Å²) in [4.78, 5) is 2.31. The van der Waals surface area contributed by atoms with Crippen LogP contribution in [0.2, 0.25) is 0 Å². The summed E-state index contributed by atoms with van der Waals surface area (Å²) < 4.78 is 2.36. The first kappa shape index (κ1) is 30.9. The molecule has 0 aliphatic rings. The number of rotatable bonds is 7. The monoisotopic (exact) mass is 662 g/mol. The number of terminal acetylenes is 1. The molecule has 0 aliphatic heterocycles. The van der Waals surface area contributed by atoms with E-state index in [0.717, 1.165) is 39.4 Å². The minimum atomic E-state index is 0.882. The summed E-state index contributed by atoms with van der Waals surface area (Å²) in [6.07, 6.45) is 5.59. The highest BCUT2D eigenvalue weighted by molar-refractivity contribution is 6.09. The van der Waals surface area contributed by atoms with Crippen LogP contribution in [0.4, 0.5) is 17.1 Å². The molecule has 244 valence electrons. The number of fused-ring (bicyclic) bond motifs is 3. The lowest BCUT2D eigenvalue weighted by Gasteiger charge is -2.26. The van der Waals surface area contributed by atoms with E-state index in [0.29, 0.717) is 0 Å². The van der Waals surface area contributed by atoms with Crippen LogP contribution < -0.4 is 4.90 Å². The molecule has 52 heavy (non-hydrogen) atoms. The van der Waals surface area contributed by atoms with Gasteiger partial charge in [-0.15, -0.1) is 6.42 Å². The van der Waals surface area contributed by atoms with Gasteiger partial charge in [-0.25, -0.2) is 0 Å². The summed E-state index contributed by atoms with van der Waals surface area (Å²) in [5.41, 5.74) is 14.7. The Morgan fingerprint density at radius 1 is 0.346 bits per heavy atom. The second-order valence-electron chi connectivity index (χ2n) is 13.0. The summed E-state index contributed by atoms with van der Waals surface area (Å²) in [5.74, 6) is 2.71. The van der Waals surface area contributed by atoms with Crippen molar-refractivity contribution in [1.82, 2.24) is 4.57 Å². The Hall–Kier alpha value is -7.08. The molecule has 9 rings (SSSR count). The van der Waals surface area contributed by atoms with Crippen molar-refractivity contribution in [3.05, 3.63) is 206 Å². The van der Waals surface area contributed by atoms with E-state index >= 15 is 0 Å².